The maximum absolute atomic E-state index is 12.2. The molecule has 2 N–H and O–H groups in total. The highest BCUT2D eigenvalue weighted by Crippen LogP contribution is 2.21. The second-order valence-electron chi connectivity index (χ2n) is 4.25. The molecule has 4 heteroatoms. The quantitative estimate of drug-likeness (QED) is 0.677. The number of aryl methyl sites for hydroxylation is 1. The Morgan fingerprint density at radius 2 is 1.89 bits per heavy atom. The summed E-state index contributed by atoms with van der Waals surface area (Å²) in [7, 11) is -1.02. The molecule has 0 aliphatic carbocycles. The van der Waals surface area contributed by atoms with Crippen LogP contribution in [0.1, 0.15) is 5.56 Å². The highest BCUT2D eigenvalue weighted by molar-refractivity contribution is 8.00. The van der Waals surface area contributed by atoms with Crippen LogP contribution in [0.5, 0.6) is 0 Å². The van der Waals surface area contributed by atoms with Gasteiger partial charge in [0.2, 0.25) is 0 Å². The summed E-state index contributed by atoms with van der Waals surface area (Å²) in [4.78, 5) is 1.95. The lowest BCUT2D eigenvalue weighted by Crippen LogP contribution is -2.04. The lowest BCUT2D eigenvalue weighted by molar-refractivity contribution is 0.684. The summed E-state index contributed by atoms with van der Waals surface area (Å²) in [6.45, 7) is 1.98. The first-order chi connectivity index (χ1) is 9.16. The van der Waals surface area contributed by atoms with Gasteiger partial charge in [0.25, 0.3) is 0 Å². The average Bonchev–Trinajstić information content (AvgIpc) is 2.39. The van der Waals surface area contributed by atoms with Gasteiger partial charge in [-0.25, -0.2) is 0 Å². The maximum atomic E-state index is 12.2. The van der Waals surface area contributed by atoms with Crippen molar-refractivity contribution >= 4 is 28.2 Å². The Morgan fingerprint density at radius 1 is 1.16 bits per heavy atom. The van der Waals surface area contributed by atoms with E-state index in [-0.39, 0.29) is 0 Å². The molecule has 2 aromatic carbocycles. The Morgan fingerprint density at radius 3 is 2.58 bits per heavy atom. The molecule has 0 spiro atoms. The Hall–Kier alpha value is -1.26. The van der Waals surface area contributed by atoms with Crippen LogP contribution in [0.4, 0.5) is 5.69 Å². The molecule has 0 saturated carbocycles. The summed E-state index contributed by atoms with van der Waals surface area (Å²) in [6, 6.07) is 15.8. The molecule has 0 aliphatic heterocycles. The van der Waals surface area contributed by atoms with E-state index in [9.17, 15) is 4.21 Å². The molecular formula is C15H17NOS2. The van der Waals surface area contributed by atoms with Crippen molar-refractivity contribution in [3.05, 3.63) is 54.1 Å². The summed E-state index contributed by atoms with van der Waals surface area (Å²) in [5, 5.41) is 0. The fourth-order valence-electron chi connectivity index (χ4n) is 1.74. The summed E-state index contributed by atoms with van der Waals surface area (Å²) in [5.41, 5.74) is 7.63. The molecule has 1 unspecified atom stereocenters. The van der Waals surface area contributed by atoms with Gasteiger partial charge in [0, 0.05) is 22.1 Å². The van der Waals surface area contributed by atoms with Gasteiger partial charge >= 0.3 is 0 Å². The highest BCUT2D eigenvalue weighted by Gasteiger charge is 2.08. The molecule has 100 valence electrons. The zero-order valence-corrected chi connectivity index (χ0v) is 12.5. The molecule has 0 radical (unpaired) electrons. The van der Waals surface area contributed by atoms with Gasteiger partial charge in [-0.15, -0.1) is 11.8 Å². The van der Waals surface area contributed by atoms with Crippen molar-refractivity contribution in [2.75, 3.05) is 17.2 Å². The molecule has 0 amide bonds. The predicted octanol–water partition coefficient (Wildman–Crippen LogP) is 3.48. The summed E-state index contributed by atoms with van der Waals surface area (Å²) < 4.78 is 12.2. The van der Waals surface area contributed by atoms with Crippen LogP contribution in [0.15, 0.2) is 58.3 Å². The van der Waals surface area contributed by atoms with Crippen LogP contribution in [0.2, 0.25) is 0 Å². The highest BCUT2D eigenvalue weighted by atomic mass is 32.2. The predicted molar refractivity (Wildman–Crippen MR) is 84.0 cm³/mol. The third-order valence-electron chi connectivity index (χ3n) is 2.69. The van der Waals surface area contributed by atoms with Crippen LogP contribution >= 0.6 is 11.8 Å². The van der Waals surface area contributed by atoms with Crippen LogP contribution in [0, 0.1) is 6.92 Å². The standard InChI is InChI=1S/C15H17NOS2/c1-12-7-8-15(14(16)11-12)19(17)10-9-18-13-5-3-2-4-6-13/h2-8,11H,9-10,16H2,1H3. The minimum Gasteiger partial charge on any atom is -0.398 e. The molecule has 0 aliphatic rings. The molecule has 0 bridgehead atoms. The van der Waals surface area contributed by atoms with E-state index in [1.807, 2.05) is 43.3 Å². The molecule has 2 nitrogen and oxygen atoms in total. The third-order valence-corrected chi connectivity index (χ3v) is 5.40. The van der Waals surface area contributed by atoms with Gasteiger partial charge in [0.05, 0.1) is 15.7 Å². The second-order valence-corrected chi connectivity index (χ2v) is 6.96. The van der Waals surface area contributed by atoms with E-state index in [4.69, 9.17) is 5.73 Å². The Balaban J connectivity index is 1.91. The maximum Gasteiger partial charge on any atom is 0.0617 e. The van der Waals surface area contributed by atoms with Gasteiger partial charge in [-0.05, 0) is 36.8 Å². The molecule has 0 saturated heterocycles. The van der Waals surface area contributed by atoms with E-state index in [0.717, 1.165) is 16.2 Å². The van der Waals surface area contributed by atoms with Crippen LogP contribution in [0.25, 0.3) is 0 Å². The van der Waals surface area contributed by atoms with Gasteiger partial charge in [-0.1, -0.05) is 24.3 Å². The van der Waals surface area contributed by atoms with Crippen LogP contribution in [-0.2, 0) is 10.8 Å². The van der Waals surface area contributed by atoms with Crippen molar-refractivity contribution in [2.24, 2.45) is 0 Å². The number of rotatable bonds is 5. The van der Waals surface area contributed by atoms with Crippen molar-refractivity contribution < 1.29 is 4.21 Å². The SMILES string of the molecule is Cc1ccc(S(=O)CCSc2ccccc2)c(N)c1. The first-order valence-electron chi connectivity index (χ1n) is 6.09. The summed E-state index contributed by atoms with van der Waals surface area (Å²) in [6.07, 6.45) is 0. The number of thioether (sulfide) groups is 1. The number of hydrogen-bond acceptors (Lipinski definition) is 3. The van der Waals surface area contributed by atoms with Crippen molar-refractivity contribution in [3.8, 4) is 0 Å². The number of anilines is 1. The van der Waals surface area contributed by atoms with Gasteiger partial charge in [0.15, 0.2) is 0 Å². The minimum atomic E-state index is -1.02. The third kappa shape index (κ3) is 4.11. The molecule has 0 aromatic heterocycles. The minimum absolute atomic E-state index is 0.618. The molecule has 0 heterocycles. The smallest absolute Gasteiger partial charge is 0.0617 e. The normalized spacial score (nSPS) is 12.3. The Bertz CT molecular complexity index is 570. The number of nitrogens with two attached hydrogens (primary N) is 1. The molecular weight excluding hydrogens is 274 g/mol. The second kappa shape index (κ2) is 6.78. The van der Waals surface area contributed by atoms with E-state index < -0.39 is 10.8 Å². The average molecular weight is 291 g/mol. The van der Waals surface area contributed by atoms with E-state index >= 15 is 0 Å². The molecule has 2 aromatic rings. The van der Waals surface area contributed by atoms with E-state index in [1.54, 1.807) is 11.8 Å². The lowest BCUT2D eigenvalue weighted by atomic mass is 10.2. The Labute approximate surface area is 120 Å². The number of benzene rings is 2. The number of nitrogen functional groups attached to an aromatic ring is 1. The lowest BCUT2D eigenvalue weighted by Gasteiger charge is -2.06. The topological polar surface area (TPSA) is 43.1 Å². The fraction of sp³-hybridized carbons (Fsp3) is 0.200. The zero-order chi connectivity index (χ0) is 13.7. The Kier molecular flexibility index (Phi) is 5.05. The van der Waals surface area contributed by atoms with Gasteiger partial charge in [-0.3, -0.25) is 4.21 Å². The van der Waals surface area contributed by atoms with E-state index in [0.29, 0.717) is 11.4 Å². The monoisotopic (exact) mass is 291 g/mol. The molecule has 2 rings (SSSR count). The van der Waals surface area contributed by atoms with Crippen LogP contribution < -0.4 is 5.73 Å². The largest absolute Gasteiger partial charge is 0.398 e. The van der Waals surface area contributed by atoms with E-state index in [2.05, 4.69) is 12.1 Å². The number of hydrogen-bond donors (Lipinski definition) is 1. The zero-order valence-electron chi connectivity index (χ0n) is 10.8. The van der Waals surface area contributed by atoms with Crippen molar-refractivity contribution in [3.63, 3.8) is 0 Å². The van der Waals surface area contributed by atoms with Crippen LogP contribution in [-0.4, -0.2) is 15.7 Å². The first kappa shape index (κ1) is 14.2. The van der Waals surface area contributed by atoms with Crippen LogP contribution in [0.3, 0.4) is 0 Å². The molecule has 0 fully saturated rings. The fourth-order valence-corrected chi connectivity index (χ4v) is 4.02. The van der Waals surface area contributed by atoms with E-state index in [1.165, 1.54) is 4.90 Å². The van der Waals surface area contributed by atoms with Gasteiger partial charge < -0.3 is 5.73 Å². The summed E-state index contributed by atoms with van der Waals surface area (Å²) in [5.74, 6) is 1.44. The van der Waals surface area contributed by atoms with Gasteiger partial charge in [-0.2, -0.15) is 0 Å². The molecule has 19 heavy (non-hydrogen) atoms. The van der Waals surface area contributed by atoms with Crippen molar-refractivity contribution in [2.45, 2.75) is 16.7 Å². The van der Waals surface area contributed by atoms with Crippen molar-refractivity contribution in [1.29, 1.82) is 0 Å². The van der Waals surface area contributed by atoms with Gasteiger partial charge in [0.1, 0.15) is 0 Å². The molecule has 1 atom stereocenters. The summed E-state index contributed by atoms with van der Waals surface area (Å²) >= 11 is 1.72. The first-order valence-corrected chi connectivity index (χ1v) is 8.39. The van der Waals surface area contributed by atoms with Crippen molar-refractivity contribution in [1.82, 2.24) is 0 Å².